The van der Waals surface area contributed by atoms with Crippen molar-refractivity contribution in [3.8, 4) is 5.75 Å². The lowest BCUT2D eigenvalue weighted by atomic mass is 10.1. The number of fused-ring (bicyclic) bond motifs is 1. The van der Waals surface area contributed by atoms with E-state index >= 15 is 0 Å². The highest BCUT2D eigenvalue weighted by atomic mass is 19.1. The second kappa shape index (κ2) is 10.4. The third kappa shape index (κ3) is 5.51. The standard InChI is InChI=1S/C24H25F2N7O2/c1-14(34)30-22-10-19-20(13-29-22)31-23(15(11-27)12-28-2)24(32-19)33-7-5-17(6-8-33)35-21-4-3-16(25)9-18(21)26/h3-4,9-13,17H,5-8,27H2,1-2H3,(H,29,30,34)/b15-11+,28-12?. The van der Waals surface area contributed by atoms with Crippen LogP contribution in [-0.2, 0) is 4.79 Å². The molecule has 1 amide bonds. The first-order chi connectivity index (χ1) is 16.9. The Morgan fingerprint density at radius 2 is 2.00 bits per heavy atom. The van der Waals surface area contributed by atoms with Crippen LogP contribution >= 0.6 is 0 Å². The molecule has 0 spiro atoms. The monoisotopic (exact) mass is 481 g/mol. The van der Waals surface area contributed by atoms with E-state index in [1.807, 2.05) is 4.90 Å². The molecule has 0 unspecified atom stereocenters. The molecule has 1 saturated heterocycles. The summed E-state index contributed by atoms with van der Waals surface area (Å²) in [5, 5.41) is 2.65. The van der Waals surface area contributed by atoms with Crippen molar-refractivity contribution in [2.24, 2.45) is 10.7 Å². The van der Waals surface area contributed by atoms with E-state index in [4.69, 9.17) is 20.4 Å². The van der Waals surface area contributed by atoms with Gasteiger partial charge in [-0.1, -0.05) is 0 Å². The molecule has 182 valence electrons. The van der Waals surface area contributed by atoms with Crippen LogP contribution in [0.25, 0.3) is 16.6 Å². The Hall–Kier alpha value is -4.15. The molecule has 1 aliphatic rings. The first-order valence-corrected chi connectivity index (χ1v) is 11.0. The van der Waals surface area contributed by atoms with Crippen molar-refractivity contribution < 1.29 is 18.3 Å². The van der Waals surface area contributed by atoms with E-state index < -0.39 is 11.6 Å². The molecule has 1 fully saturated rings. The van der Waals surface area contributed by atoms with Crippen LogP contribution in [0.15, 0.2) is 41.7 Å². The van der Waals surface area contributed by atoms with E-state index in [1.54, 1.807) is 19.3 Å². The summed E-state index contributed by atoms with van der Waals surface area (Å²) < 4.78 is 33.0. The number of rotatable bonds is 6. The van der Waals surface area contributed by atoms with E-state index in [2.05, 4.69) is 15.3 Å². The van der Waals surface area contributed by atoms with Gasteiger partial charge in [0.05, 0.1) is 11.7 Å². The fraction of sp³-hybridized carbons (Fsp3) is 0.292. The topological polar surface area (TPSA) is 119 Å². The summed E-state index contributed by atoms with van der Waals surface area (Å²) in [6, 6.07) is 4.93. The number of pyridine rings is 1. The van der Waals surface area contributed by atoms with Crippen molar-refractivity contribution in [1.29, 1.82) is 0 Å². The summed E-state index contributed by atoms with van der Waals surface area (Å²) in [6.45, 7) is 2.52. The van der Waals surface area contributed by atoms with Crippen molar-refractivity contribution in [1.82, 2.24) is 15.0 Å². The number of benzene rings is 1. The van der Waals surface area contributed by atoms with E-state index in [0.717, 1.165) is 6.07 Å². The molecular formula is C24H25F2N7O2. The predicted molar refractivity (Wildman–Crippen MR) is 130 cm³/mol. The maximum Gasteiger partial charge on any atom is 0.222 e. The maximum absolute atomic E-state index is 14.0. The van der Waals surface area contributed by atoms with Crippen LogP contribution in [0, 0.1) is 11.6 Å². The molecule has 3 aromatic rings. The largest absolute Gasteiger partial charge is 0.487 e. The maximum atomic E-state index is 14.0. The number of nitrogens with one attached hydrogen (secondary N) is 1. The number of ether oxygens (including phenoxy) is 1. The molecule has 1 aliphatic heterocycles. The zero-order valence-corrected chi connectivity index (χ0v) is 19.3. The molecule has 0 saturated carbocycles. The fourth-order valence-electron chi connectivity index (χ4n) is 3.87. The molecule has 0 atom stereocenters. The smallest absolute Gasteiger partial charge is 0.222 e. The number of hydrogen-bond donors (Lipinski definition) is 2. The lowest BCUT2D eigenvalue weighted by Gasteiger charge is -2.34. The Labute approximate surface area is 200 Å². The minimum absolute atomic E-state index is 0.0292. The highest BCUT2D eigenvalue weighted by Gasteiger charge is 2.26. The minimum atomic E-state index is -0.727. The molecule has 2 aromatic heterocycles. The number of allylic oxidation sites excluding steroid dienone is 1. The summed E-state index contributed by atoms with van der Waals surface area (Å²) in [5.74, 6) is -0.620. The van der Waals surface area contributed by atoms with Crippen LogP contribution < -0.4 is 20.7 Å². The number of hydrogen-bond acceptors (Lipinski definition) is 8. The summed E-state index contributed by atoms with van der Waals surface area (Å²) in [5.41, 5.74) is 8.09. The summed E-state index contributed by atoms with van der Waals surface area (Å²) >= 11 is 0. The van der Waals surface area contributed by atoms with Crippen LogP contribution in [-0.4, -0.2) is 53.3 Å². The molecule has 3 heterocycles. The van der Waals surface area contributed by atoms with Crippen molar-refractivity contribution in [3.63, 3.8) is 0 Å². The number of carbonyl (C=O) groups is 1. The average molecular weight is 482 g/mol. The SMILES string of the molecule is CN=C/C(=C\N)c1nc2cnc(NC(C)=O)cc2nc1N1CCC(Oc2ccc(F)cc2F)CC1. The van der Waals surface area contributed by atoms with Crippen molar-refractivity contribution in [3.05, 3.63) is 54.0 Å². The molecule has 4 rings (SSSR count). The minimum Gasteiger partial charge on any atom is -0.487 e. The highest BCUT2D eigenvalue weighted by molar-refractivity contribution is 6.11. The number of halogens is 2. The number of aromatic nitrogens is 3. The number of aliphatic imine (C=N–C) groups is 1. The Morgan fingerprint density at radius 3 is 2.66 bits per heavy atom. The summed E-state index contributed by atoms with van der Waals surface area (Å²) in [7, 11) is 1.64. The van der Waals surface area contributed by atoms with Gasteiger partial charge in [-0.05, 0) is 12.1 Å². The van der Waals surface area contributed by atoms with Crippen molar-refractivity contribution in [2.75, 3.05) is 30.4 Å². The van der Waals surface area contributed by atoms with Gasteiger partial charge in [-0.3, -0.25) is 9.79 Å². The van der Waals surface area contributed by atoms with Crippen LogP contribution in [0.3, 0.4) is 0 Å². The molecule has 0 aliphatic carbocycles. The van der Waals surface area contributed by atoms with Gasteiger partial charge >= 0.3 is 0 Å². The second-order valence-electron chi connectivity index (χ2n) is 8.02. The third-order valence-electron chi connectivity index (χ3n) is 5.49. The Bertz CT molecular complexity index is 1300. The second-order valence-corrected chi connectivity index (χ2v) is 8.02. The van der Waals surface area contributed by atoms with Crippen LogP contribution in [0.1, 0.15) is 25.5 Å². The van der Waals surface area contributed by atoms with Gasteiger partial charge in [0.2, 0.25) is 5.91 Å². The van der Waals surface area contributed by atoms with Gasteiger partial charge in [0.15, 0.2) is 17.4 Å². The van der Waals surface area contributed by atoms with Crippen LogP contribution in [0.2, 0.25) is 0 Å². The molecule has 9 nitrogen and oxygen atoms in total. The zero-order chi connectivity index (χ0) is 24.9. The highest BCUT2D eigenvalue weighted by Crippen LogP contribution is 2.30. The normalized spacial score (nSPS) is 15.1. The van der Waals surface area contributed by atoms with Crippen LogP contribution in [0.4, 0.5) is 20.4 Å². The average Bonchev–Trinajstić information content (AvgIpc) is 2.83. The zero-order valence-electron chi connectivity index (χ0n) is 19.3. The van der Waals surface area contributed by atoms with Gasteiger partial charge in [0.1, 0.15) is 28.9 Å². The molecule has 3 N–H and O–H groups in total. The van der Waals surface area contributed by atoms with Crippen LogP contribution in [0.5, 0.6) is 5.75 Å². The van der Waals surface area contributed by atoms with E-state index in [-0.39, 0.29) is 17.8 Å². The quantitative estimate of drug-likeness (QED) is 0.519. The molecule has 11 heteroatoms. The van der Waals surface area contributed by atoms with Gasteiger partial charge in [-0.2, -0.15) is 0 Å². The van der Waals surface area contributed by atoms with E-state index in [0.29, 0.717) is 59.9 Å². The fourth-order valence-corrected chi connectivity index (χ4v) is 3.87. The van der Waals surface area contributed by atoms with Gasteiger partial charge in [-0.25, -0.2) is 23.7 Å². The van der Waals surface area contributed by atoms with Gasteiger partial charge < -0.3 is 20.7 Å². The first-order valence-electron chi connectivity index (χ1n) is 11.0. The summed E-state index contributed by atoms with van der Waals surface area (Å²) in [4.78, 5) is 31.3. The Kier molecular flexibility index (Phi) is 7.14. The first kappa shape index (κ1) is 24.0. The number of amides is 1. The third-order valence-corrected chi connectivity index (χ3v) is 5.49. The van der Waals surface area contributed by atoms with Gasteiger partial charge in [0.25, 0.3) is 0 Å². The number of carbonyl (C=O) groups excluding carboxylic acids is 1. The number of piperidine rings is 1. The summed E-state index contributed by atoms with van der Waals surface area (Å²) in [6.07, 6.45) is 5.50. The molecule has 0 radical (unpaired) electrons. The number of nitrogens with two attached hydrogens (primary N) is 1. The van der Waals surface area contributed by atoms with E-state index in [9.17, 15) is 13.6 Å². The Morgan fingerprint density at radius 1 is 1.23 bits per heavy atom. The van der Waals surface area contributed by atoms with Crippen molar-refractivity contribution in [2.45, 2.75) is 25.9 Å². The van der Waals surface area contributed by atoms with E-state index in [1.165, 1.54) is 31.5 Å². The van der Waals surface area contributed by atoms with Gasteiger partial charge in [-0.15, -0.1) is 0 Å². The molecule has 35 heavy (non-hydrogen) atoms. The van der Waals surface area contributed by atoms with Crippen molar-refractivity contribution >= 4 is 40.4 Å². The number of anilines is 2. The molecule has 1 aromatic carbocycles. The van der Waals surface area contributed by atoms with Gasteiger partial charge in [0, 0.05) is 70.0 Å². The number of nitrogens with zero attached hydrogens (tertiary/aromatic N) is 5. The Balaban J connectivity index is 1.62. The lowest BCUT2D eigenvalue weighted by Crippen LogP contribution is -2.39. The molecular weight excluding hydrogens is 456 g/mol. The molecule has 0 bridgehead atoms. The lowest BCUT2D eigenvalue weighted by molar-refractivity contribution is -0.114. The predicted octanol–water partition coefficient (Wildman–Crippen LogP) is 3.31.